The Morgan fingerprint density at radius 3 is 2.94 bits per heavy atom. The van der Waals surface area contributed by atoms with Crippen molar-refractivity contribution in [3.05, 3.63) is 0 Å². The smallest absolute Gasteiger partial charge is 0.0791 e. The van der Waals surface area contributed by atoms with Gasteiger partial charge in [-0.05, 0) is 31.7 Å². The van der Waals surface area contributed by atoms with Crippen molar-refractivity contribution in [1.82, 2.24) is 10.2 Å². The quantitative estimate of drug-likeness (QED) is 0.739. The number of fused-ring (bicyclic) bond motifs is 1. The third-order valence-electron chi connectivity index (χ3n) is 3.97. The lowest BCUT2D eigenvalue weighted by molar-refractivity contribution is -0.0669. The van der Waals surface area contributed by atoms with Crippen molar-refractivity contribution in [3.8, 4) is 0 Å². The molecule has 0 spiro atoms. The van der Waals surface area contributed by atoms with E-state index in [1.807, 2.05) is 0 Å². The minimum Gasteiger partial charge on any atom is -0.390 e. The summed E-state index contributed by atoms with van der Waals surface area (Å²) in [4.78, 5) is 2.43. The highest BCUT2D eigenvalue weighted by molar-refractivity contribution is 4.90. The van der Waals surface area contributed by atoms with Gasteiger partial charge < -0.3 is 15.2 Å². The lowest BCUT2D eigenvalue weighted by Gasteiger charge is -2.38. The number of aliphatic hydroxyl groups is 1. The Labute approximate surface area is 111 Å². The number of rotatable bonds is 6. The fraction of sp³-hybridized carbons (Fsp3) is 1.00. The SMILES string of the molecule is CC(C)CNCC(O)CN1CCOC2CCCC21. The predicted octanol–water partition coefficient (Wildman–Crippen LogP) is 0.846. The molecule has 0 bridgehead atoms. The molecule has 2 fully saturated rings. The summed E-state index contributed by atoms with van der Waals surface area (Å²) in [7, 11) is 0. The number of β-amino-alcohol motifs (C(OH)–C–C–N with tert-alkyl or cyclic N) is 1. The Bertz CT molecular complexity index is 248. The summed E-state index contributed by atoms with van der Waals surface area (Å²) in [6, 6.07) is 0.554. The molecule has 0 radical (unpaired) electrons. The first-order valence-corrected chi connectivity index (χ1v) is 7.41. The zero-order valence-corrected chi connectivity index (χ0v) is 11.8. The van der Waals surface area contributed by atoms with E-state index in [2.05, 4.69) is 24.1 Å². The second kappa shape index (κ2) is 6.85. The summed E-state index contributed by atoms with van der Waals surface area (Å²) >= 11 is 0. The molecule has 1 aliphatic carbocycles. The van der Waals surface area contributed by atoms with Gasteiger partial charge in [0.25, 0.3) is 0 Å². The molecule has 1 saturated carbocycles. The Morgan fingerprint density at radius 2 is 2.17 bits per heavy atom. The van der Waals surface area contributed by atoms with Gasteiger partial charge in [0.05, 0.1) is 18.8 Å². The minimum absolute atomic E-state index is 0.261. The molecular formula is C14H28N2O2. The number of hydrogen-bond acceptors (Lipinski definition) is 4. The summed E-state index contributed by atoms with van der Waals surface area (Å²) in [5, 5.41) is 13.4. The zero-order chi connectivity index (χ0) is 13.0. The molecule has 106 valence electrons. The van der Waals surface area contributed by atoms with Gasteiger partial charge in [-0.3, -0.25) is 4.90 Å². The maximum Gasteiger partial charge on any atom is 0.0791 e. The molecule has 2 aliphatic rings. The van der Waals surface area contributed by atoms with Crippen molar-refractivity contribution in [3.63, 3.8) is 0 Å². The van der Waals surface area contributed by atoms with Crippen LogP contribution < -0.4 is 5.32 Å². The van der Waals surface area contributed by atoms with E-state index in [-0.39, 0.29) is 6.10 Å². The molecule has 1 aliphatic heterocycles. The third kappa shape index (κ3) is 3.92. The maximum atomic E-state index is 10.1. The molecule has 0 aromatic rings. The Hall–Kier alpha value is -0.160. The second-order valence-electron chi connectivity index (χ2n) is 6.11. The fourth-order valence-corrected chi connectivity index (χ4v) is 3.11. The molecule has 1 heterocycles. The van der Waals surface area contributed by atoms with Crippen molar-refractivity contribution < 1.29 is 9.84 Å². The van der Waals surface area contributed by atoms with Gasteiger partial charge in [0.15, 0.2) is 0 Å². The Morgan fingerprint density at radius 1 is 1.33 bits per heavy atom. The Kier molecular flexibility index (Phi) is 5.42. The van der Waals surface area contributed by atoms with E-state index in [9.17, 15) is 5.11 Å². The van der Waals surface area contributed by atoms with Gasteiger partial charge in [-0.25, -0.2) is 0 Å². The molecule has 2 N–H and O–H groups in total. The van der Waals surface area contributed by atoms with Crippen LogP contribution in [0, 0.1) is 5.92 Å². The topological polar surface area (TPSA) is 44.7 Å². The van der Waals surface area contributed by atoms with Crippen LogP contribution in [0.3, 0.4) is 0 Å². The van der Waals surface area contributed by atoms with Crippen LogP contribution in [0.4, 0.5) is 0 Å². The van der Waals surface area contributed by atoms with E-state index in [4.69, 9.17) is 4.74 Å². The van der Waals surface area contributed by atoms with Crippen LogP contribution in [-0.2, 0) is 4.74 Å². The first-order valence-electron chi connectivity index (χ1n) is 7.41. The standard InChI is InChI=1S/C14H28N2O2/c1-11(2)8-15-9-12(17)10-16-6-7-18-14-5-3-4-13(14)16/h11-15,17H,3-10H2,1-2H3. The second-order valence-corrected chi connectivity index (χ2v) is 6.11. The van der Waals surface area contributed by atoms with Crippen LogP contribution in [0.25, 0.3) is 0 Å². The van der Waals surface area contributed by atoms with E-state index in [0.29, 0.717) is 24.6 Å². The molecule has 18 heavy (non-hydrogen) atoms. The summed E-state index contributed by atoms with van der Waals surface area (Å²) < 4.78 is 5.79. The average Bonchev–Trinajstić information content (AvgIpc) is 2.77. The molecule has 0 aromatic carbocycles. The molecule has 4 heteroatoms. The van der Waals surface area contributed by atoms with Crippen LogP contribution in [0.5, 0.6) is 0 Å². The van der Waals surface area contributed by atoms with E-state index in [1.54, 1.807) is 0 Å². The highest BCUT2D eigenvalue weighted by atomic mass is 16.5. The summed E-state index contributed by atoms with van der Waals surface area (Å²) in [5.41, 5.74) is 0. The van der Waals surface area contributed by atoms with Crippen LogP contribution in [-0.4, -0.2) is 61.0 Å². The molecule has 0 amide bonds. The minimum atomic E-state index is -0.261. The monoisotopic (exact) mass is 256 g/mol. The van der Waals surface area contributed by atoms with Crippen molar-refractivity contribution in [2.24, 2.45) is 5.92 Å². The zero-order valence-electron chi connectivity index (χ0n) is 11.8. The normalized spacial score (nSPS) is 30.7. The average molecular weight is 256 g/mol. The van der Waals surface area contributed by atoms with Crippen LogP contribution in [0.2, 0.25) is 0 Å². The first-order chi connectivity index (χ1) is 8.66. The molecule has 3 atom stereocenters. The summed E-state index contributed by atoms with van der Waals surface area (Å²) in [5.74, 6) is 0.639. The largest absolute Gasteiger partial charge is 0.390 e. The van der Waals surface area contributed by atoms with E-state index >= 15 is 0 Å². The van der Waals surface area contributed by atoms with E-state index < -0.39 is 0 Å². The Balaban J connectivity index is 1.70. The first kappa shape index (κ1) is 14.3. The van der Waals surface area contributed by atoms with Gasteiger partial charge in [0, 0.05) is 25.7 Å². The van der Waals surface area contributed by atoms with Crippen LogP contribution in [0.1, 0.15) is 33.1 Å². The number of hydrogen-bond donors (Lipinski definition) is 2. The van der Waals surface area contributed by atoms with Crippen molar-refractivity contribution >= 4 is 0 Å². The molecule has 4 nitrogen and oxygen atoms in total. The molecule has 0 aromatic heterocycles. The number of ether oxygens (including phenoxy) is 1. The van der Waals surface area contributed by atoms with Gasteiger partial charge in [-0.1, -0.05) is 13.8 Å². The van der Waals surface area contributed by atoms with E-state index in [1.165, 1.54) is 19.3 Å². The van der Waals surface area contributed by atoms with Gasteiger partial charge in [0.1, 0.15) is 0 Å². The molecular weight excluding hydrogens is 228 g/mol. The van der Waals surface area contributed by atoms with Crippen LogP contribution >= 0.6 is 0 Å². The maximum absolute atomic E-state index is 10.1. The molecule has 2 rings (SSSR count). The number of morpholine rings is 1. The number of nitrogens with zero attached hydrogens (tertiary/aromatic N) is 1. The molecule has 3 unspecified atom stereocenters. The highest BCUT2D eigenvalue weighted by Crippen LogP contribution is 2.29. The van der Waals surface area contributed by atoms with Gasteiger partial charge >= 0.3 is 0 Å². The fourth-order valence-electron chi connectivity index (χ4n) is 3.11. The third-order valence-corrected chi connectivity index (χ3v) is 3.97. The lowest BCUT2D eigenvalue weighted by Crippen LogP contribution is -2.52. The van der Waals surface area contributed by atoms with Crippen molar-refractivity contribution in [2.45, 2.75) is 51.4 Å². The van der Waals surface area contributed by atoms with Crippen molar-refractivity contribution in [1.29, 1.82) is 0 Å². The van der Waals surface area contributed by atoms with E-state index in [0.717, 1.165) is 26.2 Å². The molecule has 1 saturated heterocycles. The predicted molar refractivity (Wildman–Crippen MR) is 72.7 cm³/mol. The number of nitrogens with one attached hydrogen (secondary N) is 1. The summed E-state index contributed by atoms with van der Waals surface area (Å²) in [6.45, 7) is 8.64. The summed E-state index contributed by atoms with van der Waals surface area (Å²) in [6.07, 6.45) is 3.87. The van der Waals surface area contributed by atoms with Gasteiger partial charge in [-0.15, -0.1) is 0 Å². The van der Waals surface area contributed by atoms with Gasteiger partial charge in [-0.2, -0.15) is 0 Å². The highest BCUT2D eigenvalue weighted by Gasteiger charge is 2.36. The number of aliphatic hydroxyl groups excluding tert-OH is 1. The van der Waals surface area contributed by atoms with Crippen LogP contribution in [0.15, 0.2) is 0 Å². The van der Waals surface area contributed by atoms with Crippen molar-refractivity contribution in [2.75, 3.05) is 32.8 Å². The van der Waals surface area contributed by atoms with Gasteiger partial charge in [0.2, 0.25) is 0 Å². The lowest BCUT2D eigenvalue weighted by atomic mass is 10.1.